The summed E-state index contributed by atoms with van der Waals surface area (Å²) in [5.41, 5.74) is 1.56. The second kappa shape index (κ2) is 8.16. The van der Waals surface area contributed by atoms with Crippen molar-refractivity contribution in [2.24, 2.45) is 5.41 Å². The van der Waals surface area contributed by atoms with Gasteiger partial charge in [0.1, 0.15) is 0 Å². The molecule has 0 aromatic heterocycles. The zero-order valence-electron chi connectivity index (χ0n) is 17.5. The summed E-state index contributed by atoms with van der Waals surface area (Å²) < 4.78 is 11.7. The molecule has 2 unspecified atom stereocenters. The number of ether oxygens (including phenoxy) is 2. The molecule has 1 amide bonds. The van der Waals surface area contributed by atoms with Crippen molar-refractivity contribution in [3.8, 4) is 0 Å². The Balaban J connectivity index is 1.65. The average molecular weight is 448 g/mol. The molecule has 1 N–H and O–H groups in total. The van der Waals surface area contributed by atoms with Crippen LogP contribution in [0, 0.1) is 5.41 Å². The van der Waals surface area contributed by atoms with E-state index in [-0.39, 0.29) is 24.0 Å². The highest BCUT2D eigenvalue weighted by atomic mass is 35.5. The summed E-state index contributed by atoms with van der Waals surface area (Å²) in [4.78, 5) is 13.3. The summed E-state index contributed by atoms with van der Waals surface area (Å²) in [5, 5.41) is 4.65. The van der Waals surface area contributed by atoms with Crippen LogP contribution in [-0.4, -0.2) is 24.4 Å². The molecule has 2 aliphatic rings. The molecule has 2 aromatic rings. The highest BCUT2D eigenvalue weighted by Gasteiger charge is 2.48. The zero-order chi connectivity index (χ0) is 21.5. The Morgan fingerprint density at radius 2 is 1.77 bits per heavy atom. The Morgan fingerprint density at radius 1 is 1.03 bits per heavy atom. The van der Waals surface area contributed by atoms with Crippen molar-refractivity contribution in [2.45, 2.75) is 57.5 Å². The molecule has 2 aliphatic heterocycles. The van der Waals surface area contributed by atoms with E-state index in [9.17, 15) is 4.79 Å². The van der Waals surface area contributed by atoms with Gasteiger partial charge in [0.2, 0.25) is 5.91 Å². The first-order valence-electron chi connectivity index (χ1n) is 10.3. The van der Waals surface area contributed by atoms with Crippen LogP contribution < -0.4 is 5.32 Å². The fourth-order valence-corrected chi connectivity index (χ4v) is 5.01. The Hall–Kier alpha value is -1.59. The molecule has 4 nitrogen and oxygen atoms in total. The normalized spacial score (nSPS) is 30.8. The van der Waals surface area contributed by atoms with Gasteiger partial charge in [-0.3, -0.25) is 4.79 Å². The van der Waals surface area contributed by atoms with Crippen molar-refractivity contribution in [1.29, 1.82) is 0 Å². The van der Waals surface area contributed by atoms with Crippen molar-refractivity contribution in [3.05, 3.63) is 69.7 Å². The predicted molar refractivity (Wildman–Crippen MR) is 119 cm³/mol. The molecule has 2 saturated heterocycles. The number of piperidine rings is 1. The fourth-order valence-electron chi connectivity index (χ4n) is 4.69. The number of carbonyl (C=O) groups is 1. The molecule has 160 valence electrons. The summed E-state index contributed by atoms with van der Waals surface area (Å²) in [7, 11) is 0. The molecule has 2 aromatic carbocycles. The number of carbonyl (C=O) groups excluding carboxylic acids is 1. The van der Waals surface area contributed by atoms with Gasteiger partial charge in [0.25, 0.3) is 0 Å². The van der Waals surface area contributed by atoms with Crippen LogP contribution in [0.4, 0.5) is 0 Å². The number of hydrogen-bond acceptors (Lipinski definition) is 3. The SMILES string of the molecule is CC1(C)OCC(CC2(C)C[C@H](c3cccc(Cl)c3)[C@@H](c3ccc(Cl)cc3)NC2=O)O1. The minimum atomic E-state index is -0.607. The Kier molecular flexibility index (Phi) is 5.88. The fraction of sp³-hybridized carbons (Fsp3) is 0.458. The lowest BCUT2D eigenvalue weighted by Gasteiger charge is -2.43. The van der Waals surface area contributed by atoms with Crippen molar-refractivity contribution in [2.75, 3.05) is 6.61 Å². The van der Waals surface area contributed by atoms with Gasteiger partial charge in [0, 0.05) is 21.4 Å². The van der Waals surface area contributed by atoms with Gasteiger partial charge in [-0.25, -0.2) is 0 Å². The van der Waals surface area contributed by atoms with Gasteiger partial charge in [-0.1, -0.05) is 54.4 Å². The van der Waals surface area contributed by atoms with Crippen LogP contribution in [0.2, 0.25) is 10.0 Å². The summed E-state index contributed by atoms with van der Waals surface area (Å²) in [5.74, 6) is -0.498. The Labute approximate surface area is 187 Å². The summed E-state index contributed by atoms with van der Waals surface area (Å²) in [6.45, 7) is 6.33. The van der Waals surface area contributed by atoms with E-state index in [1.54, 1.807) is 0 Å². The smallest absolute Gasteiger partial charge is 0.226 e. The molecule has 0 spiro atoms. The van der Waals surface area contributed by atoms with Gasteiger partial charge in [-0.2, -0.15) is 0 Å². The van der Waals surface area contributed by atoms with E-state index in [4.69, 9.17) is 32.7 Å². The maximum atomic E-state index is 13.3. The van der Waals surface area contributed by atoms with Gasteiger partial charge < -0.3 is 14.8 Å². The first-order valence-corrected chi connectivity index (χ1v) is 11.0. The summed E-state index contributed by atoms with van der Waals surface area (Å²) >= 11 is 12.4. The average Bonchev–Trinajstić information content (AvgIpc) is 3.02. The first kappa shape index (κ1) is 21.6. The third kappa shape index (κ3) is 4.52. The first-order chi connectivity index (χ1) is 14.2. The molecule has 4 rings (SSSR count). The molecule has 2 heterocycles. The summed E-state index contributed by atoms with van der Waals surface area (Å²) in [6, 6.07) is 15.4. The van der Waals surface area contributed by atoms with Crippen molar-refractivity contribution in [1.82, 2.24) is 5.32 Å². The van der Waals surface area contributed by atoms with Crippen LogP contribution in [0.25, 0.3) is 0 Å². The van der Waals surface area contributed by atoms with Gasteiger partial charge in [-0.15, -0.1) is 0 Å². The van der Waals surface area contributed by atoms with Crippen molar-refractivity contribution in [3.63, 3.8) is 0 Å². The van der Waals surface area contributed by atoms with Gasteiger partial charge in [0.15, 0.2) is 5.79 Å². The quantitative estimate of drug-likeness (QED) is 0.635. The number of nitrogens with one attached hydrogen (secondary N) is 1. The molecule has 2 fully saturated rings. The van der Waals surface area contributed by atoms with E-state index in [0.717, 1.165) is 11.1 Å². The maximum absolute atomic E-state index is 13.3. The molecule has 6 heteroatoms. The lowest BCUT2D eigenvalue weighted by Crippen LogP contribution is -2.50. The number of halogens is 2. The number of benzene rings is 2. The summed E-state index contributed by atoms with van der Waals surface area (Å²) in [6.07, 6.45) is 1.18. The van der Waals surface area contributed by atoms with Crippen LogP contribution in [0.5, 0.6) is 0 Å². The van der Waals surface area contributed by atoms with Crippen LogP contribution in [0.15, 0.2) is 48.5 Å². The van der Waals surface area contributed by atoms with E-state index >= 15 is 0 Å². The number of hydrogen-bond donors (Lipinski definition) is 1. The van der Waals surface area contributed by atoms with E-state index in [1.165, 1.54) is 0 Å². The van der Waals surface area contributed by atoms with Gasteiger partial charge in [-0.05, 0) is 62.1 Å². The van der Waals surface area contributed by atoms with Gasteiger partial charge in [0.05, 0.1) is 18.8 Å². The monoisotopic (exact) mass is 447 g/mol. The third-order valence-electron chi connectivity index (χ3n) is 6.16. The van der Waals surface area contributed by atoms with E-state index < -0.39 is 11.2 Å². The van der Waals surface area contributed by atoms with Crippen LogP contribution in [-0.2, 0) is 14.3 Å². The van der Waals surface area contributed by atoms with Crippen molar-refractivity contribution >= 4 is 29.1 Å². The topological polar surface area (TPSA) is 47.6 Å². The highest BCUT2D eigenvalue weighted by Crippen LogP contribution is 2.48. The molecule has 0 bridgehead atoms. The maximum Gasteiger partial charge on any atom is 0.226 e. The molecule has 0 saturated carbocycles. The van der Waals surface area contributed by atoms with E-state index in [2.05, 4.69) is 11.4 Å². The molecule has 30 heavy (non-hydrogen) atoms. The standard InChI is InChI=1S/C24H27Cl2NO3/c1-23(2)29-14-19(30-23)12-24(3)13-20(16-5-4-6-18(26)11-16)21(27-22(24)28)15-7-9-17(25)10-8-15/h4-11,19-21H,12-14H2,1-3H3,(H,27,28)/t19?,20-,21-,24?/m1/s1. The Morgan fingerprint density at radius 3 is 2.40 bits per heavy atom. The number of amides is 1. The van der Waals surface area contributed by atoms with Crippen LogP contribution in [0.1, 0.15) is 56.7 Å². The highest BCUT2D eigenvalue weighted by molar-refractivity contribution is 6.30. The van der Waals surface area contributed by atoms with Gasteiger partial charge >= 0.3 is 0 Å². The van der Waals surface area contributed by atoms with E-state index in [1.807, 2.05) is 63.2 Å². The van der Waals surface area contributed by atoms with Crippen molar-refractivity contribution < 1.29 is 14.3 Å². The van der Waals surface area contributed by atoms with Crippen LogP contribution in [0.3, 0.4) is 0 Å². The second-order valence-electron chi connectivity index (χ2n) is 9.08. The molecule has 4 atom stereocenters. The molecule has 0 radical (unpaired) electrons. The minimum absolute atomic E-state index is 0.0361. The molecule has 0 aliphatic carbocycles. The third-order valence-corrected chi connectivity index (χ3v) is 6.65. The zero-order valence-corrected chi connectivity index (χ0v) is 19.0. The minimum Gasteiger partial charge on any atom is -0.348 e. The lowest BCUT2D eigenvalue weighted by molar-refractivity contribution is -0.149. The largest absolute Gasteiger partial charge is 0.348 e. The van der Waals surface area contributed by atoms with E-state index in [0.29, 0.717) is 29.5 Å². The lowest BCUT2D eigenvalue weighted by atomic mass is 9.68. The molecular weight excluding hydrogens is 421 g/mol. The number of rotatable bonds is 4. The predicted octanol–water partition coefficient (Wildman–Crippen LogP) is 5.89. The van der Waals surface area contributed by atoms with Crippen LogP contribution >= 0.6 is 23.2 Å². The second-order valence-corrected chi connectivity index (χ2v) is 9.96. The Bertz CT molecular complexity index is 930. The molecular formula is C24H27Cl2NO3.